The fraction of sp³-hybridized carbons (Fsp3) is 0.846. The minimum atomic E-state index is -0.403. The Morgan fingerprint density at radius 3 is 2.13 bits per heavy atom. The highest BCUT2D eigenvalue weighted by molar-refractivity contribution is 5.17. The molecule has 2 aliphatic rings. The fourth-order valence-electron chi connectivity index (χ4n) is 3.98. The average molecular weight is 202 g/mol. The van der Waals surface area contributed by atoms with Gasteiger partial charge in [-0.2, -0.15) is 10.5 Å². The number of hydrogen-bond acceptors (Lipinski definition) is 2. The maximum absolute atomic E-state index is 9.03. The molecule has 15 heavy (non-hydrogen) atoms. The summed E-state index contributed by atoms with van der Waals surface area (Å²) in [7, 11) is 0. The quantitative estimate of drug-likeness (QED) is 0.656. The Bertz CT molecular complexity index is 344. The van der Waals surface area contributed by atoms with Crippen LogP contribution >= 0.6 is 0 Å². The van der Waals surface area contributed by atoms with Gasteiger partial charge in [-0.25, -0.2) is 0 Å². The van der Waals surface area contributed by atoms with E-state index in [1.807, 2.05) is 0 Å². The summed E-state index contributed by atoms with van der Waals surface area (Å²) in [4.78, 5) is 0. The minimum absolute atomic E-state index is 0.202. The topological polar surface area (TPSA) is 47.6 Å². The standard InChI is InChI=1S/C13H18N2/c1-12(2)10-4-5-13(12,3)11(6-10)9(7-14)8-15/h9-11H,4-6H2,1-3H3/t10-,11+,13+/m0/s1. The van der Waals surface area contributed by atoms with Gasteiger partial charge < -0.3 is 0 Å². The lowest BCUT2D eigenvalue weighted by Gasteiger charge is -2.39. The van der Waals surface area contributed by atoms with Gasteiger partial charge in [0.25, 0.3) is 0 Å². The van der Waals surface area contributed by atoms with Crippen LogP contribution in [-0.4, -0.2) is 0 Å². The highest BCUT2D eigenvalue weighted by Gasteiger charge is 2.62. The molecule has 0 unspecified atom stereocenters. The SMILES string of the molecule is CC1(C)[C@H]2CC[C@]1(C)[C@@H](C(C#N)C#N)C2. The van der Waals surface area contributed by atoms with Gasteiger partial charge in [-0.1, -0.05) is 20.8 Å². The maximum Gasteiger partial charge on any atom is 0.136 e. The summed E-state index contributed by atoms with van der Waals surface area (Å²) < 4.78 is 0. The normalized spacial score (nSPS) is 41.5. The van der Waals surface area contributed by atoms with Gasteiger partial charge in [-0.3, -0.25) is 0 Å². The molecule has 0 saturated heterocycles. The van der Waals surface area contributed by atoms with Crippen molar-refractivity contribution in [3.8, 4) is 12.1 Å². The highest BCUT2D eigenvalue weighted by atomic mass is 14.7. The maximum atomic E-state index is 9.03. The molecule has 0 aliphatic heterocycles. The Labute approximate surface area is 91.9 Å². The van der Waals surface area contributed by atoms with Crippen molar-refractivity contribution in [2.45, 2.75) is 40.0 Å². The van der Waals surface area contributed by atoms with Gasteiger partial charge in [-0.05, 0) is 41.9 Å². The second kappa shape index (κ2) is 2.99. The van der Waals surface area contributed by atoms with Crippen molar-refractivity contribution in [2.24, 2.45) is 28.6 Å². The van der Waals surface area contributed by atoms with E-state index in [1.165, 1.54) is 12.8 Å². The van der Waals surface area contributed by atoms with E-state index in [1.54, 1.807) is 0 Å². The summed E-state index contributed by atoms with van der Waals surface area (Å²) >= 11 is 0. The average Bonchev–Trinajstić information content (AvgIpc) is 2.52. The molecule has 80 valence electrons. The molecule has 0 aromatic heterocycles. The Morgan fingerprint density at radius 2 is 1.80 bits per heavy atom. The smallest absolute Gasteiger partial charge is 0.136 e. The zero-order valence-electron chi connectivity index (χ0n) is 9.75. The first-order chi connectivity index (χ1) is 6.97. The largest absolute Gasteiger partial charge is 0.197 e. The number of nitriles is 2. The van der Waals surface area contributed by atoms with E-state index in [9.17, 15) is 0 Å². The Hall–Kier alpha value is -1.02. The second-order valence-corrected chi connectivity index (χ2v) is 5.95. The lowest BCUT2D eigenvalue weighted by atomic mass is 9.64. The predicted molar refractivity (Wildman–Crippen MR) is 57.4 cm³/mol. The second-order valence-electron chi connectivity index (χ2n) is 5.95. The first kappa shape index (κ1) is 10.5. The van der Waals surface area contributed by atoms with Gasteiger partial charge in [0.1, 0.15) is 5.92 Å². The van der Waals surface area contributed by atoms with Crippen molar-refractivity contribution < 1.29 is 0 Å². The Morgan fingerprint density at radius 1 is 1.20 bits per heavy atom. The lowest BCUT2D eigenvalue weighted by Crippen LogP contribution is -2.35. The van der Waals surface area contributed by atoms with Gasteiger partial charge in [0.2, 0.25) is 0 Å². The van der Waals surface area contributed by atoms with Crippen LogP contribution in [0.1, 0.15) is 40.0 Å². The van der Waals surface area contributed by atoms with Crippen molar-refractivity contribution in [1.29, 1.82) is 10.5 Å². The monoisotopic (exact) mass is 202 g/mol. The summed E-state index contributed by atoms with van der Waals surface area (Å²) in [5, 5.41) is 18.1. The Balaban J connectivity index is 2.35. The number of nitrogens with zero attached hydrogens (tertiary/aromatic N) is 2. The van der Waals surface area contributed by atoms with Crippen LogP contribution in [0.5, 0.6) is 0 Å². The highest BCUT2D eigenvalue weighted by Crippen LogP contribution is 2.69. The van der Waals surface area contributed by atoms with E-state index >= 15 is 0 Å². The van der Waals surface area contributed by atoms with Crippen molar-refractivity contribution in [1.82, 2.24) is 0 Å². The zero-order valence-corrected chi connectivity index (χ0v) is 9.75. The lowest BCUT2D eigenvalue weighted by molar-refractivity contribution is 0.0921. The number of fused-ring (bicyclic) bond motifs is 2. The van der Waals surface area contributed by atoms with Crippen LogP contribution in [0, 0.1) is 51.2 Å². The molecule has 3 atom stereocenters. The van der Waals surface area contributed by atoms with Crippen molar-refractivity contribution >= 4 is 0 Å². The third kappa shape index (κ3) is 1.08. The summed E-state index contributed by atoms with van der Waals surface area (Å²) in [6, 6.07) is 4.36. The van der Waals surface area contributed by atoms with Gasteiger partial charge in [0, 0.05) is 0 Å². The van der Waals surface area contributed by atoms with E-state index in [4.69, 9.17) is 10.5 Å². The molecule has 2 aliphatic carbocycles. The number of rotatable bonds is 1. The van der Waals surface area contributed by atoms with Gasteiger partial charge in [-0.15, -0.1) is 0 Å². The molecule has 0 spiro atoms. The van der Waals surface area contributed by atoms with Crippen LogP contribution < -0.4 is 0 Å². The third-order valence-electron chi connectivity index (χ3n) is 5.54. The minimum Gasteiger partial charge on any atom is -0.197 e. The molecule has 2 heteroatoms. The van der Waals surface area contributed by atoms with Crippen LogP contribution in [0.25, 0.3) is 0 Å². The molecule has 2 saturated carbocycles. The first-order valence-corrected chi connectivity index (χ1v) is 5.76. The van der Waals surface area contributed by atoms with Crippen molar-refractivity contribution in [2.75, 3.05) is 0 Å². The summed E-state index contributed by atoms with van der Waals surface area (Å²) in [5.41, 5.74) is 0.511. The zero-order chi connectivity index (χ0) is 11.3. The van der Waals surface area contributed by atoms with Gasteiger partial charge in [0.15, 0.2) is 0 Å². The van der Waals surface area contributed by atoms with E-state index in [-0.39, 0.29) is 5.41 Å². The van der Waals surface area contributed by atoms with Crippen LogP contribution in [0.4, 0.5) is 0 Å². The summed E-state index contributed by atoms with van der Waals surface area (Å²) in [6.07, 6.45) is 3.55. The van der Waals surface area contributed by atoms with Crippen LogP contribution in [0.15, 0.2) is 0 Å². The molecule has 2 rings (SSSR count). The molecular formula is C13H18N2. The molecular weight excluding hydrogens is 184 g/mol. The molecule has 0 aromatic rings. The molecule has 2 fully saturated rings. The number of hydrogen-bond donors (Lipinski definition) is 0. The van der Waals surface area contributed by atoms with Gasteiger partial charge in [0.05, 0.1) is 12.1 Å². The van der Waals surface area contributed by atoms with E-state index in [0.717, 1.165) is 12.3 Å². The molecule has 0 radical (unpaired) electrons. The summed E-state index contributed by atoms with van der Waals surface area (Å²) in [6.45, 7) is 6.92. The molecule has 0 aromatic carbocycles. The fourth-order valence-corrected chi connectivity index (χ4v) is 3.98. The van der Waals surface area contributed by atoms with Crippen LogP contribution in [-0.2, 0) is 0 Å². The molecule has 0 amide bonds. The Kier molecular flexibility index (Phi) is 2.09. The van der Waals surface area contributed by atoms with E-state index < -0.39 is 5.92 Å². The first-order valence-electron chi connectivity index (χ1n) is 5.76. The van der Waals surface area contributed by atoms with E-state index in [0.29, 0.717) is 11.3 Å². The van der Waals surface area contributed by atoms with E-state index in [2.05, 4.69) is 32.9 Å². The molecule has 0 N–H and O–H groups in total. The molecule has 0 heterocycles. The molecule has 2 nitrogen and oxygen atoms in total. The van der Waals surface area contributed by atoms with Crippen LogP contribution in [0.3, 0.4) is 0 Å². The van der Waals surface area contributed by atoms with Crippen LogP contribution in [0.2, 0.25) is 0 Å². The third-order valence-corrected chi connectivity index (χ3v) is 5.54. The van der Waals surface area contributed by atoms with Crippen molar-refractivity contribution in [3.05, 3.63) is 0 Å². The molecule has 2 bridgehead atoms. The van der Waals surface area contributed by atoms with Crippen molar-refractivity contribution in [3.63, 3.8) is 0 Å². The predicted octanol–water partition coefficient (Wildman–Crippen LogP) is 3.11. The summed E-state index contributed by atoms with van der Waals surface area (Å²) in [5.74, 6) is 0.609. The van der Waals surface area contributed by atoms with Gasteiger partial charge >= 0.3 is 0 Å².